The van der Waals surface area contributed by atoms with E-state index in [1.54, 1.807) is 0 Å². The van der Waals surface area contributed by atoms with E-state index in [4.69, 9.17) is 34.6 Å². The zero-order valence-corrected chi connectivity index (χ0v) is 22.6. The maximum absolute atomic E-state index is 11.1. The number of rotatable bonds is 10. The molecule has 0 bridgehead atoms. The first kappa shape index (κ1) is 32.0. The van der Waals surface area contributed by atoms with Gasteiger partial charge in [-0.1, -0.05) is 0 Å². The van der Waals surface area contributed by atoms with Crippen LogP contribution in [-0.4, -0.2) is 156 Å². The van der Waals surface area contributed by atoms with Crippen LogP contribution in [0.5, 0.6) is 0 Å². The van der Waals surface area contributed by atoms with Crippen LogP contribution >= 0.6 is 0 Å². The highest BCUT2D eigenvalue weighted by atomic mass is 16.5. The van der Waals surface area contributed by atoms with Crippen molar-refractivity contribution in [3.05, 3.63) is 23.7 Å². The molecule has 0 aromatic carbocycles. The third-order valence-electron chi connectivity index (χ3n) is 5.95. The molecular weight excluding hydrogens is 520 g/mol. The summed E-state index contributed by atoms with van der Waals surface area (Å²) in [6.07, 6.45) is 2.05. The van der Waals surface area contributed by atoms with E-state index in [0.29, 0.717) is 0 Å². The number of aliphatic carboxylic acids is 2. The first-order chi connectivity index (χ1) is 18.4. The van der Waals surface area contributed by atoms with E-state index in [1.165, 1.54) is 22.0 Å². The SMILES string of the molecule is CN(C)CCOCCN(C)C.O=C(O)[C@H]1/C(=C/CO)O[C@@H]2CC(=O)N21.O=C(O)[C@H]1/C(=C/CO)O[C@@H]2CC(=O)N21. The summed E-state index contributed by atoms with van der Waals surface area (Å²) in [5.41, 5.74) is 0. The number of carboxylic acids is 2. The summed E-state index contributed by atoms with van der Waals surface area (Å²) >= 11 is 0. The maximum Gasteiger partial charge on any atom is 0.334 e. The van der Waals surface area contributed by atoms with Gasteiger partial charge >= 0.3 is 11.9 Å². The minimum atomic E-state index is -1.14. The van der Waals surface area contributed by atoms with Crippen molar-refractivity contribution in [1.29, 1.82) is 0 Å². The van der Waals surface area contributed by atoms with Crippen molar-refractivity contribution in [3.63, 3.8) is 0 Å². The van der Waals surface area contributed by atoms with Crippen LogP contribution in [0.3, 0.4) is 0 Å². The Kier molecular flexibility index (Phi) is 12.1. The highest BCUT2D eigenvalue weighted by molar-refractivity contribution is 5.91. The molecule has 0 aliphatic carbocycles. The number of amides is 2. The van der Waals surface area contributed by atoms with E-state index >= 15 is 0 Å². The summed E-state index contributed by atoms with van der Waals surface area (Å²) < 4.78 is 15.7. The Bertz CT molecular complexity index is 878. The van der Waals surface area contributed by atoms with Crippen LogP contribution < -0.4 is 0 Å². The van der Waals surface area contributed by atoms with Crippen molar-refractivity contribution in [2.24, 2.45) is 0 Å². The largest absolute Gasteiger partial charge is 0.479 e. The van der Waals surface area contributed by atoms with E-state index in [2.05, 4.69) is 38.0 Å². The summed E-state index contributed by atoms with van der Waals surface area (Å²) in [7, 11) is 8.20. The predicted molar refractivity (Wildman–Crippen MR) is 134 cm³/mol. The van der Waals surface area contributed by atoms with E-state index in [9.17, 15) is 19.2 Å². The second-order valence-electron chi connectivity index (χ2n) is 9.43. The molecule has 15 heteroatoms. The number of aliphatic hydroxyl groups is 2. The molecule has 4 aliphatic heterocycles. The van der Waals surface area contributed by atoms with Crippen molar-refractivity contribution >= 4 is 23.8 Å². The molecule has 4 N–H and O–H groups in total. The summed E-state index contributed by atoms with van der Waals surface area (Å²) in [6.45, 7) is 3.09. The molecule has 4 atom stereocenters. The molecule has 4 heterocycles. The van der Waals surface area contributed by atoms with Gasteiger partial charge in [0, 0.05) is 13.1 Å². The third kappa shape index (κ3) is 8.37. The lowest BCUT2D eigenvalue weighted by atomic mass is 10.1. The number of nitrogens with zero attached hydrogens (tertiary/aromatic N) is 4. The van der Waals surface area contributed by atoms with Crippen LogP contribution in [-0.2, 0) is 33.4 Å². The molecule has 39 heavy (non-hydrogen) atoms. The molecule has 15 nitrogen and oxygen atoms in total. The van der Waals surface area contributed by atoms with Gasteiger partial charge in [-0.25, -0.2) is 9.59 Å². The van der Waals surface area contributed by atoms with E-state index < -0.39 is 36.5 Å². The summed E-state index contributed by atoms with van der Waals surface area (Å²) in [5, 5.41) is 35.0. The number of carbonyl (C=O) groups excluding carboxylic acids is 2. The van der Waals surface area contributed by atoms with Gasteiger partial charge in [-0.2, -0.15) is 0 Å². The number of aliphatic hydroxyl groups excluding tert-OH is 2. The first-order valence-corrected chi connectivity index (χ1v) is 12.3. The number of carboxylic acid groups (broad SMARTS) is 2. The van der Waals surface area contributed by atoms with Crippen LogP contribution in [0, 0.1) is 0 Å². The van der Waals surface area contributed by atoms with Gasteiger partial charge in [0.15, 0.2) is 24.5 Å². The fourth-order valence-corrected chi connectivity index (χ4v) is 3.91. The number of carbonyl (C=O) groups is 4. The lowest BCUT2D eigenvalue weighted by Crippen LogP contribution is -2.54. The van der Waals surface area contributed by atoms with Gasteiger partial charge in [-0.05, 0) is 40.3 Å². The Labute approximate surface area is 226 Å². The average molecular weight is 559 g/mol. The average Bonchev–Trinajstić information content (AvgIpc) is 3.30. The maximum atomic E-state index is 11.1. The molecule has 0 spiro atoms. The minimum absolute atomic E-state index is 0.149. The Balaban J connectivity index is 0.000000208. The third-order valence-corrected chi connectivity index (χ3v) is 5.95. The van der Waals surface area contributed by atoms with Gasteiger partial charge in [0.1, 0.15) is 11.5 Å². The Hall–Kier alpha value is -3.24. The molecule has 0 radical (unpaired) electrons. The highest BCUT2D eigenvalue weighted by Gasteiger charge is 2.54. The normalized spacial score (nSPS) is 26.6. The van der Waals surface area contributed by atoms with Crippen LogP contribution in [0.1, 0.15) is 12.8 Å². The van der Waals surface area contributed by atoms with Crippen LogP contribution in [0.2, 0.25) is 0 Å². The molecule has 0 aromatic heterocycles. The van der Waals surface area contributed by atoms with Gasteiger partial charge in [0.2, 0.25) is 11.8 Å². The molecular formula is C24H38N4O11. The lowest BCUT2D eigenvalue weighted by Gasteiger charge is -2.33. The molecule has 220 valence electrons. The van der Waals surface area contributed by atoms with Crippen LogP contribution in [0.15, 0.2) is 23.7 Å². The Morgan fingerprint density at radius 3 is 1.44 bits per heavy atom. The van der Waals surface area contributed by atoms with Gasteiger partial charge in [0.25, 0.3) is 0 Å². The lowest BCUT2D eigenvalue weighted by molar-refractivity contribution is -0.163. The highest BCUT2D eigenvalue weighted by Crippen LogP contribution is 2.37. The standard InChI is InChI=1S/C8H20N2O.2C8H9NO5/c1-9(2)5-7-11-8-6-10(3)4;2*10-2-1-4-7(8(12)13)9-5(11)3-6(9)14-4/h5-8H2,1-4H3;2*1,6-7,10H,2-3H2,(H,12,13)/b;2*4-1-/t;2*6-,7-/m.11/s1. The zero-order valence-electron chi connectivity index (χ0n) is 22.6. The molecule has 4 aliphatic rings. The topological polar surface area (TPSA) is 190 Å². The number of likely N-dealkylation sites (N-methyl/N-ethyl adjacent to an activating group) is 2. The number of β-lactam (4-membered cyclic amide) rings is 2. The Morgan fingerprint density at radius 2 is 1.18 bits per heavy atom. The molecule has 4 rings (SSSR count). The monoisotopic (exact) mass is 558 g/mol. The minimum Gasteiger partial charge on any atom is -0.479 e. The van der Waals surface area contributed by atoms with E-state index in [-0.39, 0.29) is 49.4 Å². The van der Waals surface area contributed by atoms with E-state index in [1.807, 2.05) is 0 Å². The Morgan fingerprint density at radius 1 is 0.821 bits per heavy atom. The fraction of sp³-hybridized carbons (Fsp3) is 0.667. The molecule has 0 saturated carbocycles. The summed E-state index contributed by atoms with van der Waals surface area (Å²) in [5.74, 6) is -2.44. The van der Waals surface area contributed by atoms with Crippen molar-refractivity contribution in [3.8, 4) is 0 Å². The molecule has 2 amide bonds. The van der Waals surface area contributed by atoms with Crippen LogP contribution in [0.25, 0.3) is 0 Å². The second-order valence-corrected chi connectivity index (χ2v) is 9.43. The summed E-state index contributed by atoms with van der Waals surface area (Å²) in [6, 6.07) is -2.12. The predicted octanol–water partition coefficient (Wildman–Crippen LogP) is -2.06. The zero-order chi connectivity index (χ0) is 29.3. The van der Waals surface area contributed by atoms with Crippen molar-refractivity contribution < 1.29 is 53.8 Å². The van der Waals surface area contributed by atoms with E-state index in [0.717, 1.165) is 26.3 Å². The smallest absolute Gasteiger partial charge is 0.334 e. The first-order valence-electron chi connectivity index (χ1n) is 12.3. The van der Waals surface area contributed by atoms with Crippen LogP contribution in [0.4, 0.5) is 0 Å². The van der Waals surface area contributed by atoms with Crippen molar-refractivity contribution in [2.45, 2.75) is 37.4 Å². The quantitative estimate of drug-likeness (QED) is 0.169. The number of ether oxygens (including phenoxy) is 3. The van der Waals surface area contributed by atoms with Crippen molar-refractivity contribution in [2.75, 3.05) is 67.7 Å². The number of hydrogen-bond donors (Lipinski definition) is 4. The molecule has 4 fully saturated rings. The van der Waals surface area contributed by atoms with Crippen molar-refractivity contribution in [1.82, 2.24) is 19.6 Å². The molecule has 0 aromatic rings. The second kappa shape index (κ2) is 14.8. The van der Waals surface area contributed by atoms with Gasteiger partial charge < -0.3 is 44.4 Å². The molecule has 4 saturated heterocycles. The fourth-order valence-electron chi connectivity index (χ4n) is 3.91. The van der Waals surface area contributed by atoms with Gasteiger partial charge in [-0.15, -0.1) is 0 Å². The van der Waals surface area contributed by atoms with Gasteiger partial charge in [-0.3, -0.25) is 19.4 Å². The number of fused-ring (bicyclic) bond motifs is 2. The van der Waals surface area contributed by atoms with Gasteiger partial charge in [0.05, 0.1) is 39.3 Å². The number of hydrogen-bond acceptors (Lipinski definition) is 11. The molecule has 0 unspecified atom stereocenters. The summed E-state index contributed by atoms with van der Waals surface area (Å²) in [4.78, 5) is 50.4.